The Balaban J connectivity index is 0.000000251. The highest BCUT2D eigenvalue weighted by atomic mass is 19.3. The van der Waals surface area contributed by atoms with Crippen molar-refractivity contribution in [2.75, 3.05) is 53.5 Å². The largest absolute Gasteiger partial charge is 0.469 e. The molecule has 0 saturated carbocycles. The molecular formula is C33H58F2N4O6. The molecular weight excluding hydrogens is 586 g/mol. The van der Waals surface area contributed by atoms with Gasteiger partial charge in [0.15, 0.2) is 0 Å². The van der Waals surface area contributed by atoms with E-state index in [-0.39, 0.29) is 18.1 Å². The van der Waals surface area contributed by atoms with Gasteiger partial charge in [0.05, 0.1) is 14.2 Å². The van der Waals surface area contributed by atoms with Gasteiger partial charge in [-0.25, -0.2) is 9.59 Å². The second-order valence-corrected chi connectivity index (χ2v) is 14.4. The van der Waals surface area contributed by atoms with Crippen molar-refractivity contribution in [2.45, 2.75) is 128 Å². The molecule has 0 aromatic heterocycles. The molecule has 4 aliphatic heterocycles. The fraction of sp³-hybridized carbons (Fsp3) is 0.909. The average molecular weight is 645 g/mol. The second kappa shape index (κ2) is 16.7. The van der Waals surface area contributed by atoms with Gasteiger partial charge in [-0.05, 0) is 104 Å². The van der Waals surface area contributed by atoms with Crippen LogP contribution < -0.4 is 5.32 Å². The number of carbonyl (C=O) groups excluding carboxylic acids is 3. The summed E-state index contributed by atoms with van der Waals surface area (Å²) in [5, 5.41) is 3.33. The highest BCUT2D eigenvalue weighted by molar-refractivity contribution is 5.77. The first-order valence-corrected chi connectivity index (χ1v) is 16.9. The van der Waals surface area contributed by atoms with Crippen LogP contribution in [-0.2, 0) is 23.8 Å². The first kappa shape index (κ1) is 37.4. The Bertz CT molecular complexity index is 979. The first-order chi connectivity index (χ1) is 21.2. The number of halogens is 2. The fourth-order valence-corrected chi connectivity index (χ4v) is 7.64. The van der Waals surface area contributed by atoms with E-state index in [1.165, 1.54) is 13.5 Å². The zero-order valence-electron chi connectivity index (χ0n) is 28.6. The highest BCUT2D eigenvalue weighted by Crippen LogP contribution is 2.34. The Morgan fingerprint density at radius 3 is 2.04 bits per heavy atom. The minimum Gasteiger partial charge on any atom is -0.469 e. The van der Waals surface area contributed by atoms with Gasteiger partial charge >= 0.3 is 24.0 Å². The summed E-state index contributed by atoms with van der Waals surface area (Å²) in [7, 11) is 2.46. The number of likely N-dealkylation sites (tertiary alicyclic amines) is 3. The summed E-state index contributed by atoms with van der Waals surface area (Å²) in [6.07, 6.45) is 6.69. The quantitative estimate of drug-likeness (QED) is 0.298. The number of piperidine rings is 2. The average Bonchev–Trinajstić information content (AvgIpc) is 3.64. The molecule has 4 aliphatic rings. The van der Waals surface area contributed by atoms with E-state index in [9.17, 15) is 23.2 Å². The summed E-state index contributed by atoms with van der Waals surface area (Å²) in [6.45, 7) is 15.4. The maximum absolute atomic E-state index is 13.8. The molecule has 6 atom stereocenters. The Morgan fingerprint density at radius 1 is 0.844 bits per heavy atom. The summed E-state index contributed by atoms with van der Waals surface area (Å²) < 4.78 is 42.1. The Hall–Kier alpha value is -2.05. The number of carbonyl (C=O) groups is 3. The van der Waals surface area contributed by atoms with Gasteiger partial charge in [0.25, 0.3) is 0 Å². The number of amides is 1. The van der Waals surface area contributed by atoms with Crippen LogP contribution in [0, 0.1) is 11.8 Å². The lowest BCUT2D eigenvalue weighted by Gasteiger charge is -2.43. The SMILES string of the molecule is COC(=O)C(F)(F)C[C@@H]1CCCN1C1CCNCC1C.COC(=O)CC[C@@H]1CCCN1C1CCN(C(=O)OC(C)(C)C)CC1C. The summed E-state index contributed by atoms with van der Waals surface area (Å²) >= 11 is 0. The van der Waals surface area contributed by atoms with Gasteiger partial charge in [0.1, 0.15) is 5.60 Å². The third kappa shape index (κ3) is 10.7. The predicted octanol–water partition coefficient (Wildman–Crippen LogP) is 4.70. The Kier molecular flexibility index (Phi) is 13.9. The number of nitrogens with one attached hydrogen (secondary N) is 1. The molecule has 4 fully saturated rings. The van der Waals surface area contributed by atoms with Crippen molar-refractivity contribution in [1.82, 2.24) is 20.0 Å². The molecule has 0 aromatic carbocycles. The Morgan fingerprint density at radius 2 is 1.47 bits per heavy atom. The third-order valence-electron chi connectivity index (χ3n) is 9.83. The Labute approximate surface area is 268 Å². The zero-order chi connectivity index (χ0) is 33.4. The van der Waals surface area contributed by atoms with Crippen molar-refractivity contribution in [3.63, 3.8) is 0 Å². The number of hydrogen-bond donors (Lipinski definition) is 1. The highest BCUT2D eigenvalue weighted by Gasteiger charge is 2.46. The lowest BCUT2D eigenvalue weighted by molar-refractivity contribution is -0.171. The monoisotopic (exact) mass is 644 g/mol. The molecule has 12 heteroatoms. The first-order valence-electron chi connectivity index (χ1n) is 16.9. The van der Waals surface area contributed by atoms with E-state index >= 15 is 0 Å². The van der Waals surface area contributed by atoms with Crippen LogP contribution in [-0.4, -0.2) is 122 Å². The van der Waals surface area contributed by atoms with Crippen molar-refractivity contribution in [3.05, 3.63) is 0 Å². The van der Waals surface area contributed by atoms with Crippen LogP contribution in [0.2, 0.25) is 0 Å². The molecule has 0 aromatic rings. The summed E-state index contributed by atoms with van der Waals surface area (Å²) in [5.41, 5.74) is -0.453. The zero-order valence-corrected chi connectivity index (χ0v) is 28.6. The lowest BCUT2D eigenvalue weighted by atomic mass is 9.91. The fourth-order valence-electron chi connectivity index (χ4n) is 7.64. The van der Waals surface area contributed by atoms with Crippen molar-refractivity contribution in [3.8, 4) is 0 Å². The summed E-state index contributed by atoms with van der Waals surface area (Å²) in [4.78, 5) is 41.5. The number of hydrogen-bond acceptors (Lipinski definition) is 9. The van der Waals surface area contributed by atoms with Crippen LogP contribution >= 0.6 is 0 Å². The van der Waals surface area contributed by atoms with Crippen molar-refractivity contribution >= 4 is 18.0 Å². The molecule has 45 heavy (non-hydrogen) atoms. The smallest absolute Gasteiger partial charge is 0.410 e. The van der Waals surface area contributed by atoms with E-state index < -0.39 is 23.9 Å². The van der Waals surface area contributed by atoms with Crippen LogP contribution in [0.4, 0.5) is 13.6 Å². The van der Waals surface area contributed by atoms with Gasteiger partial charge in [0, 0.05) is 50.1 Å². The standard InChI is InChI=1S/C19H34N2O4.C14H24F2N2O2/c1-14-13-20(18(23)25-19(2,3)4)12-10-16(14)21-11-6-7-15(21)8-9-17(22)24-5;1-10-9-17-6-5-12(10)18-7-3-4-11(18)8-14(15,16)13(19)20-2/h14-16H,6-13H2,1-5H3;10-12,17H,3-9H2,1-2H3/t14?,15-,16?;10?,11-,12?/m00/s1. The molecule has 4 heterocycles. The third-order valence-corrected chi connectivity index (χ3v) is 9.83. The maximum Gasteiger partial charge on any atom is 0.410 e. The molecule has 1 N–H and O–H groups in total. The number of nitrogens with zero attached hydrogens (tertiary/aromatic N) is 3. The molecule has 0 aliphatic carbocycles. The maximum atomic E-state index is 13.8. The van der Waals surface area contributed by atoms with Crippen LogP contribution in [0.3, 0.4) is 0 Å². The minimum atomic E-state index is -3.38. The predicted molar refractivity (Wildman–Crippen MR) is 168 cm³/mol. The number of esters is 2. The minimum absolute atomic E-state index is 0.125. The number of ether oxygens (including phenoxy) is 3. The van der Waals surface area contributed by atoms with Crippen molar-refractivity contribution in [2.24, 2.45) is 11.8 Å². The topological polar surface area (TPSA) is 101 Å². The summed E-state index contributed by atoms with van der Waals surface area (Å²) in [5.74, 6) is -4.06. The summed E-state index contributed by atoms with van der Waals surface area (Å²) in [6, 6.07) is 1.07. The van der Waals surface area contributed by atoms with E-state index in [0.29, 0.717) is 36.4 Å². The van der Waals surface area contributed by atoms with Gasteiger partial charge < -0.3 is 24.4 Å². The molecule has 4 saturated heterocycles. The number of alkyl halides is 2. The van der Waals surface area contributed by atoms with Gasteiger partial charge in [-0.2, -0.15) is 8.78 Å². The molecule has 10 nitrogen and oxygen atoms in total. The van der Waals surface area contributed by atoms with E-state index in [1.54, 1.807) is 0 Å². The molecule has 1 amide bonds. The number of rotatable bonds is 8. The molecule has 0 bridgehead atoms. The van der Waals surface area contributed by atoms with Crippen LogP contribution in [0.15, 0.2) is 0 Å². The lowest BCUT2D eigenvalue weighted by Crippen LogP contribution is -2.53. The van der Waals surface area contributed by atoms with Crippen LogP contribution in [0.5, 0.6) is 0 Å². The van der Waals surface area contributed by atoms with Crippen LogP contribution in [0.1, 0.15) is 92.4 Å². The van der Waals surface area contributed by atoms with Gasteiger partial charge in [-0.3, -0.25) is 14.6 Å². The van der Waals surface area contributed by atoms with Crippen molar-refractivity contribution < 1.29 is 37.4 Å². The normalized spacial score (nSPS) is 29.9. The van der Waals surface area contributed by atoms with E-state index in [4.69, 9.17) is 9.47 Å². The van der Waals surface area contributed by atoms with Crippen LogP contribution in [0.25, 0.3) is 0 Å². The second-order valence-electron chi connectivity index (χ2n) is 14.4. The molecule has 0 radical (unpaired) electrons. The van der Waals surface area contributed by atoms with Gasteiger partial charge in [-0.15, -0.1) is 0 Å². The van der Waals surface area contributed by atoms with E-state index in [1.807, 2.05) is 25.7 Å². The number of methoxy groups -OCH3 is 2. The van der Waals surface area contributed by atoms with Crippen molar-refractivity contribution in [1.29, 1.82) is 0 Å². The molecule has 0 spiro atoms. The molecule has 4 rings (SSSR count). The molecule has 4 unspecified atom stereocenters. The van der Waals surface area contributed by atoms with Gasteiger partial charge in [0.2, 0.25) is 0 Å². The molecule has 260 valence electrons. The van der Waals surface area contributed by atoms with Gasteiger partial charge in [-0.1, -0.05) is 13.8 Å². The van der Waals surface area contributed by atoms with E-state index in [2.05, 4.69) is 33.7 Å². The van der Waals surface area contributed by atoms with E-state index in [0.717, 1.165) is 84.9 Å².